The summed E-state index contributed by atoms with van der Waals surface area (Å²) in [6.07, 6.45) is 1.58. The Labute approximate surface area is 118 Å². The van der Waals surface area contributed by atoms with Gasteiger partial charge in [0.05, 0.1) is 18.7 Å². The van der Waals surface area contributed by atoms with Crippen molar-refractivity contribution in [3.63, 3.8) is 0 Å². The number of carbonyl (C=O) groups excluding carboxylic acids is 1. The van der Waals surface area contributed by atoms with Gasteiger partial charge in [-0.3, -0.25) is 9.78 Å². The monoisotopic (exact) mass is 270 g/mol. The fraction of sp³-hybridized carbons (Fsp3) is 0.250. The Balaban J connectivity index is 2.13. The predicted molar refractivity (Wildman–Crippen MR) is 77.8 cm³/mol. The zero-order valence-corrected chi connectivity index (χ0v) is 11.9. The molecular formula is C16H18N2O2. The number of rotatable bonds is 4. The van der Waals surface area contributed by atoms with E-state index in [9.17, 15) is 4.79 Å². The molecule has 0 saturated heterocycles. The summed E-state index contributed by atoms with van der Waals surface area (Å²) in [6.45, 7) is 3.82. The van der Waals surface area contributed by atoms with E-state index in [4.69, 9.17) is 4.74 Å². The van der Waals surface area contributed by atoms with Gasteiger partial charge in [-0.25, -0.2) is 0 Å². The lowest BCUT2D eigenvalue weighted by Crippen LogP contribution is -2.27. The van der Waals surface area contributed by atoms with Gasteiger partial charge < -0.3 is 10.1 Å². The number of pyridine rings is 1. The second kappa shape index (κ2) is 6.19. The second-order valence-electron chi connectivity index (χ2n) is 4.63. The van der Waals surface area contributed by atoms with Crippen LogP contribution in [0.2, 0.25) is 0 Å². The fourth-order valence-electron chi connectivity index (χ4n) is 1.98. The van der Waals surface area contributed by atoms with Crippen LogP contribution in [0.5, 0.6) is 5.75 Å². The first-order valence-electron chi connectivity index (χ1n) is 6.48. The minimum absolute atomic E-state index is 0.139. The number of carbonyl (C=O) groups is 1. The molecule has 104 valence electrons. The number of methoxy groups -OCH3 is 1. The third kappa shape index (κ3) is 3.15. The average Bonchev–Trinajstić information content (AvgIpc) is 2.47. The van der Waals surface area contributed by atoms with E-state index in [2.05, 4.69) is 10.3 Å². The van der Waals surface area contributed by atoms with Crippen molar-refractivity contribution in [1.82, 2.24) is 10.3 Å². The smallest absolute Gasteiger partial charge is 0.253 e. The number of benzene rings is 1. The molecule has 1 aromatic heterocycles. The Morgan fingerprint density at radius 1 is 1.25 bits per heavy atom. The van der Waals surface area contributed by atoms with Gasteiger partial charge >= 0.3 is 0 Å². The summed E-state index contributed by atoms with van der Waals surface area (Å²) in [5.41, 5.74) is 2.39. The quantitative estimate of drug-likeness (QED) is 0.929. The molecule has 0 spiro atoms. The molecule has 0 radical (unpaired) electrons. The van der Waals surface area contributed by atoms with Gasteiger partial charge in [0, 0.05) is 17.5 Å². The van der Waals surface area contributed by atoms with Gasteiger partial charge in [0.2, 0.25) is 0 Å². The topological polar surface area (TPSA) is 51.2 Å². The number of hydrogen-bond acceptors (Lipinski definition) is 3. The third-order valence-corrected chi connectivity index (χ3v) is 3.13. The summed E-state index contributed by atoms with van der Waals surface area (Å²) in [5, 5.41) is 2.95. The molecule has 0 saturated carbocycles. The Kier molecular flexibility index (Phi) is 4.35. The summed E-state index contributed by atoms with van der Waals surface area (Å²) in [6, 6.07) is 11.1. The summed E-state index contributed by atoms with van der Waals surface area (Å²) in [5.74, 6) is 0.623. The molecular weight excluding hydrogens is 252 g/mol. The number of hydrogen-bond donors (Lipinski definition) is 1. The molecule has 0 bridgehead atoms. The number of nitrogens with zero attached hydrogens (tertiary/aromatic N) is 1. The van der Waals surface area contributed by atoms with Gasteiger partial charge in [-0.15, -0.1) is 0 Å². The van der Waals surface area contributed by atoms with Crippen molar-refractivity contribution >= 4 is 5.91 Å². The number of para-hydroxylation sites is 1. The highest BCUT2D eigenvalue weighted by molar-refractivity contribution is 5.94. The molecule has 0 aliphatic carbocycles. The first-order chi connectivity index (χ1) is 9.61. The van der Waals surface area contributed by atoms with E-state index >= 15 is 0 Å². The second-order valence-corrected chi connectivity index (χ2v) is 4.63. The van der Waals surface area contributed by atoms with E-state index in [1.54, 1.807) is 19.4 Å². The Morgan fingerprint density at radius 3 is 2.65 bits per heavy atom. The van der Waals surface area contributed by atoms with Crippen molar-refractivity contribution in [2.24, 2.45) is 0 Å². The summed E-state index contributed by atoms with van der Waals surface area (Å²) < 4.78 is 5.31. The van der Waals surface area contributed by atoms with Gasteiger partial charge in [-0.2, -0.15) is 0 Å². The number of aryl methyl sites for hydroxylation is 1. The maximum Gasteiger partial charge on any atom is 0.253 e. The summed E-state index contributed by atoms with van der Waals surface area (Å²) >= 11 is 0. The third-order valence-electron chi connectivity index (χ3n) is 3.13. The molecule has 1 amide bonds. The van der Waals surface area contributed by atoms with Gasteiger partial charge in [0.25, 0.3) is 5.91 Å². The summed E-state index contributed by atoms with van der Waals surface area (Å²) in [7, 11) is 1.62. The Bertz CT molecular complexity index is 594. The lowest BCUT2D eigenvalue weighted by atomic mass is 10.1. The minimum atomic E-state index is -0.143. The zero-order valence-electron chi connectivity index (χ0n) is 11.9. The molecule has 1 heterocycles. The lowest BCUT2D eigenvalue weighted by molar-refractivity contribution is 0.0939. The van der Waals surface area contributed by atoms with Gasteiger partial charge in [-0.05, 0) is 32.0 Å². The maximum absolute atomic E-state index is 12.1. The average molecular weight is 270 g/mol. The molecule has 1 aromatic carbocycles. The Hall–Kier alpha value is -2.36. The first-order valence-corrected chi connectivity index (χ1v) is 6.48. The minimum Gasteiger partial charge on any atom is -0.496 e. The van der Waals surface area contributed by atoms with Crippen LogP contribution < -0.4 is 10.1 Å². The van der Waals surface area contributed by atoms with Crippen LogP contribution in [0, 0.1) is 6.92 Å². The highest BCUT2D eigenvalue weighted by Gasteiger charge is 2.14. The van der Waals surface area contributed by atoms with Crippen LogP contribution in [0.1, 0.15) is 34.6 Å². The lowest BCUT2D eigenvalue weighted by Gasteiger charge is -2.17. The van der Waals surface area contributed by atoms with Crippen LogP contribution in [0.25, 0.3) is 0 Å². The zero-order chi connectivity index (χ0) is 14.5. The number of ether oxygens (including phenoxy) is 1. The van der Waals surface area contributed by atoms with E-state index in [1.807, 2.05) is 44.2 Å². The van der Waals surface area contributed by atoms with Crippen molar-refractivity contribution in [3.05, 3.63) is 59.4 Å². The van der Waals surface area contributed by atoms with Crippen molar-refractivity contribution in [1.29, 1.82) is 0 Å². The fourth-order valence-corrected chi connectivity index (χ4v) is 1.98. The molecule has 20 heavy (non-hydrogen) atoms. The highest BCUT2D eigenvalue weighted by Crippen LogP contribution is 2.24. The molecule has 0 aliphatic rings. The van der Waals surface area contributed by atoms with E-state index in [-0.39, 0.29) is 11.9 Å². The van der Waals surface area contributed by atoms with Crippen molar-refractivity contribution in [2.75, 3.05) is 7.11 Å². The Morgan fingerprint density at radius 2 is 2.00 bits per heavy atom. The van der Waals surface area contributed by atoms with Crippen LogP contribution in [-0.2, 0) is 0 Å². The molecule has 1 atom stereocenters. The van der Waals surface area contributed by atoms with Gasteiger partial charge in [0.1, 0.15) is 5.75 Å². The number of amides is 1. The van der Waals surface area contributed by atoms with E-state index in [0.29, 0.717) is 5.56 Å². The summed E-state index contributed by atoms with van der Waals surface area (Å²) in [4.78, 5) is 16.3. The number of aromatic nitrogens is 1. The predicted octanol–water partition coefficient (Wildman–Crippen LogP) is 2.89. The largest absolute Gasteiger partial charge is 0.496 e. The van der Waals surface area contributed by atoms with E-state index in [1.165, 1.54) is 0 Å². The highest BCUT2D eigenvalue weighted by atomic mass is 16.5. The molecule has 1 unspecified atom stereocenters. The van der Waals surface area contributed by atoms with Crippen molar-refractivity contribution < 1.29 is 9.53 Å². The van der Waals surface area contributed by atoms with Crippen LogP contribution >= 0.6 is 0 Å². The molecule has 2 aromatic rings. The molecule has 1 N–H and O–H groups in total. The van der Waals surface area contributed by atoms with Crippen LogP contribution in [0.4, 0.5) is 0 Å². The molecule has 4 nitrogen and oxygen atoms in total. The van der Waals surface area contributed by atoms with Crippen molar-refractivity contribution in [2.45, 2.75) is 19.9 Å². The van der Waals surface area contributed by atoms with Crippen molar-refractivity contribution in [3.8, 4) is 5.75 Å². The van der Waals surface area contributed by atoms with Gasteiger partial charge in [-0.1, -0.05) is 18.2 Å². The molecule has 4 heteroatoms. The standard InChI is InChI=1S/C16H18N2O2/c1-11-8-9-13(10-17-11)16(19)18-12(2)14-6-4-5-7-15(14)20-3/h4-10,12H,1-3H3,(H,18,19). The van der Waals surface area contributed by atoms with Crippen LogP contribution in [0.3, 0.4) is 0 Å². The first kappa shape index (κ1) is 14.1. The van der Waals surface area contributed by atoms with Crippen LogP contribution in [0.15, 0.2) is 42.6 Å². The van der Waals surface area contributed by atoms with Crippen LogP contribution in [-0.4, -0.2) is 18.0 Å². The SMILES string of the molecule is COc1ccccc1C(C)NC(=O)c1ccc(C)nc1. The van der Waals surface area contributed by atoms with Gasteiger partial charge in [0.15, 0.2) is 0 Å². The maximum atomic E-state index is 12.1. The van der Waals surface area contributed by atoms with E-state index < -0.39 is 0 Å². The normalized spacial score (nSPS) is 11.8. The molecule has 2 rings (SSSR count). The van der Waals surface area contributed by atoms with E-state index in [0.717, 1.165) is 17.0 Å². The number of nitrogens with one attached hydrogen (secondary N) is 1. The molecule has 0 aliphatic heterocycles. The molecule has 0 fully saturated rings.